The summed E-state index contributed by atoms with van der Waals surface area (Å²) in [4.78, 5) is 39.8. The van der Waals surface area contributed by atoms with E-state index in [1.54, 1.807) is 0 Å². The lowest BCUT2D eigenvalue weighted by Crippen LogP contribution is -2.29. The van der Waals surface area contributed by atoms with E-state index in [0.717, 1.165) is 43.8 Å². The SMILES string of the molecule is CC(C)C(Oc1cccc2c1-c1nc-2nc2[nH]c(nc3nc(nc4[nH]c(n1)c1cccc(OC(C(C)C)C(C)C)c41)-c1c(OC(C(C)C)C(C)C)cccc1-3)c1c(OC(C(C)C)C(C)C)cccc21)C(C)C. The summed E-state index contributed by atoms with van der Waals surface area (Å²) in [5.41, 5.74) is 5.35. The zero-order valence-electron chi connectivity index (χ0n) is 45.2. The average Bonchev–Trinajstić information content (AvgIpc) is 4.06. The first kappa shape index (κ1) is 50.4. The van der Waals surface area contributed by atoms with E-state index in [1.165, 1.54) is 0 Å². The van der Waals surface area contributed by atoms with Crippen LogP contribution in [0.3, 0.4) is 0 Å². The first-order valence-corrected chi connectivity index (χ1v) is 26.3. The Balaban J connectivity index is 1.45. The van der Waals surface area contributed by atoms with Gasteiger partial charge in [0.15, 0.2) is 23.3 Å². The Morgan fingerprint density at radius 3 is 0.931 bits per heavy atom. The number of aromatic amines is 2. The fourth-order valence-electron chi connectivity index (χ4n) is 11.0. The van der Waals surface area contributed by atoms with Crippen LogP contribution in [0.25, 0.3) is 89.7 Å². The molecule has 7 aromatic rings. The third kappa shape index (κ3) is 9.49. The highest BCUT2D eigenvalue weighted by Gasteiger charge is 2.31. The number of nitrogens with zero attached hydrogens (tertiary/aromatic N) is 6. The topological polar surface area (TPSA) is 146 Å². The number of benzene rings is 4. The molecule has 0 saturated heterocycles. The number of hydrogen-bond donors (Lipinski definition) is 2. The molecule has 3 aromatic heterocycles. The summed E-state index contributed by atoms with van der Waals surface area (Å²) in [6, 6.07) is 24.3. The highest BCUT2D eigenvalue weighted by Crippen LogP contribution is 2.46. The minimum absolute atomic E-state index is 0.0625. The standard InChI is InChI=1S/C60H74N8O4/c1-29(2)49(30(3)4)69-41-25-17-21-37-45(41)57-62-53(37)61-54-38-22-18-26-42(70-50(31(5)6)32(7)8)46(38)58(63-54)65-56-40-24-20-28-44(72-52(35(13)14)36(15)16)48(40)60(67-56)68-59-47-39(55(64-57)66-59)23-19-27-43(47)71-51(33(9)10)34(11)12/h17-36,49-52H,1-16H3,(H2,61,62,63,64,65,66,67,68). The number of aromatic nitrogens is 8. The molecule has 5 heterocycles. The average molecular weight is 971 g/mol. The van der Waals surface area contributed by atoms with Crippen molar-refractivity contribution >= 4 is 44.1 Å². The van der Waals surface area contributed by atoms with Crippen molar-refractivity contribution in [2.24, 2.45) is 47.3 Å². The zero-order chi connectivity index (χ0) is 51.4. The van der Waals surface area contributed by atoms with E-state index in [9.17, 15) is 0 Å². The van der Waals surface area contributed by atoms with E-state index in [2.05, 4.69) is 133 Å². The van der Waals surface area contributed by atoms with Gasteiger partial charge in [0, 0.05) is 21.9 Å². The van der Waals surface area contributed by atoms with Gasteiger partial charge in [-0.3, -0.25) is 0 Å². The summed E-state index contributed by atoms with van der Waals surface area (Å²) in [5.74, 6) is 6.64. The van der Waals surface area contributed by atoms with Crippen molar-refractivity contribution < 1.29 is 18.9 Å². The molecule has 378 valence electrons. The lowest BCUT2D eigenvalue weighted by atomic mass is 9.96. The van der Waals surface area contributed by atoms with Crippen molar-refractivity contribution in [1.29, 1.82) is 0 Å². The van der Waals surface area contributed by atoms with E-state index in [1.807, 2.05) is 60.7 Å². The van der Waals surface area contributed by atoms with Crippen molar-refractivity contribution in [2.75, 3.05) is 0 Å². The molecule has 0 radical (unpaired) electrons. The van der Waals surface area contributed by atoms with Crippen molar-refractivity contribution in [3.63, 3.8) is 0 Å². The van der Waals surface area contributed by atoms with E-state index >= 15 is 0 Å². The first-order chi connectivity index (χ1) is 34.3. The van der Waals surface area contributed by atoms with Crippen LogP contribution < -0.4 is 18.9 Å². The van der Waals surface area contributed by atoms with Gasteiger partial charge in [0.05, 0.1) is 21.9 Å². The molecule has 0 saturated carbocycles. The van der Waals surface area contributed by atoms with E-state index < -0.39 is 0 Å². The van der Waals surface area contributed by atoms with Crippen LogP contribution in [-0.4, -0.2) is 64.3 Å². The van der Waals surface area contributed by atoms with Gasteiger partial charge in [-0.05, 0) is 71.6 Å². The van der Waals surface area contributed by atoms with E-state index in [4.69, 9.17) is 48.9 Å². The number of H-pyrrole nitrogens is 2. The van der Waals surface area contributed by atoms with Crippen LogP contribution in [0, 0.1) is 47.3 Å². The Hall–Kier alpha value is -6.56. The molecule has 4 aromatic carbocycles. The Bertz CT molecular complexity index is 3260. The van der Waals surface area contributed by atoms with Gasteiger partial charge in [-0.15, -0.1) is 0 Å². The molecule has 0 amide bonds. The number of nitrogens with one attached hydrogen (secondary N) is 2. The predicted octanol–water partition coefficient (Wildman–Crippen LogP) is 15.1. The Morgan fingerprint density at radius 2 is 0.583 bits per heavy atom. The van der Waals surface area contributed by atoms with E-state index in [-0.39, 0.29) is 71.8 Å². The first-order valence-electron chi connectivity index (χ1n) is 26.3. The normalized spacial score (nSPS) is 12.8. The summed E-state index contributed by atoms with van der Waals surface area (Å²) in [6.07, 6.45) is -0.275. The molecule has 2 aliphatic heterocycles. The Kier molecular flexibility index (Phi) is 14.1. The minimum atomic E-state index is -0.0750. The maximum atomic E-state index is 7.03. The maximum absolute atomic E-state index is 7.03. The minimum Gasteiger partial charge on any atom is -0.489 e. The van der Waals surface area contributed by atoms with Gasteiger partial charge in [0.1, 0.15) is 70.0 Å². The van der Waals surface area contributed by atoms with Crippen LogP contribution in [0.4, 0.5) is 0 Å². The van der Waals surface area contributed by atoms with Gasteiger partial charge in [-0.25, -0.2) is 29.9 Å². The molecule has 9 rings (SSSR count). The molecular formula is C60H74N8O4. The zero-order valence-corrected chi connectivity index (χ0v) is 45.2. The molecule has 72 heavy (non-hydrogen) atoms. The lowest BCUT2D eigenvalue weighted by molar-refractivity contribution is 0.106. The van der Waals surface area contributed by atoms with Gasteiger partial charge < -0.3 is 28.9 Å². The summed E-state index contributed by atoms with van der Waals surface area (Å²) < 4.78 is 28.1. The number of rotatable bonds is 16. The summed E-state index contributed by atoms with van der Waals surface area (Å²) >= 11 is 0. The third-order valence-corrected chi connectivity index (χ3v) is 14.1. The predicted molar refractivity (Wildman–Crippen MR) is 292 cm³/mol. The molecule has 2 aliphatic rings. The van der Waals surface area contributed by atoms with E-state index in [0.29, 0.717) is 68.9 Å². The van der Waals surface area contributed by atoms with Crippen molar-refractivity contribution in [3.05, 3.63) is 72.8 Å². The number of hydrogen-bond acceptors (Lipinski definition) is 10. The van der Waals surface area contributed by atoms with Crippen LogP contribution in [0.2, 0.25) is 0 Å². The Labute approximate surface area is 425 Å². The summed E-state index contributed by atoms with van der Waals surface area (Å²) in [6.45, 7) is 35.2. The monoisotopic (exact) mass is 971 g/mol. The van der Waals surface area contributed by atoms with Gasteiger partial charge in [-0.1, -0.05) is 159 Å². The molecular weight excluding hydrogens is 897 g/mol. The highest BCUT2D eigenvalue weighted by atomic mass is 16.5. The molecule has 0 atom stereocenters. The summed E-state index contributed by atoms with van der Waals surface area (Å²) in [7, 11) is 0. The van der Waals surface area contributed by atoms with Crippen LogP contribution in [-0.2, 0) is 0 Å². The quantitative estimate of drug-likeness (QED) is 0.0959. The lowest BCUT2D eigenvalue weighted by Gasteiger charge is -2.27. The van der Waals surface area contributed by atoms with Gasteiger partial charge >= 0.3 is 0 Å². The van der Waals surface area contributed by atoms with Gasteiger partial charge in [-0.2, -0.15) is 0 Å². The fourth-order valence-corrected chi connectivity index (χ4v) is 11.0. The number of fused-ring (bicyclic) bond motifs is 20. The fraction of sp³-hybridized carbons (Fsp3) is 0.467. The van der Waals surface area contributed by atoms with Crippen LogP contribution >= 0.6 is 0 Å². The second kappa shape index (κ2) is 20.2. The van der Waals surface area contributed by atoms with Crippen LogP contribution in [0.15, 0.2) is 72.8 Å². The largest absolute Gasteiger partial charge is 0.489 e. The van der Waals surface area contributed by atoms with Crippen LogP contribution in [0.5, 0.6) is 23.0 Å². The molecule has 2 N–H and O–H groups in total. The second-order valence-electron chi connectivity index (χ2n) is 22.6. The molecule has 0 unspecified atom stereocenters. The van der Waals surface area contributed by atoms with Crippen molar-refractivity contribution in [1.82, 2.24) is 39.9 Å². The van der Waals surface area contributed by atoms with Crippen molar-refractivity contribution in [3.8, 4) is 68.5 Å². The molecule has 12 heteroatoms. The van der Waals surface area contributed by atoms with Crippen molar-refractivity contribution in [2.45, 2.75) is 135 Å². The van der Waals surface area contributed by atoms with Crippen LogP contribution in [0.1, 0.15) is 111 Å². The smallest absolute Gasteiger partial charge is 0.168 e. The molecule has 8 bridgehead atoms. The molecule has 0 fully saturated rings. The highest BCUT2D eigenvalue weighted by molar-refractivity contribution is 6.10. The second-order valence-corrected chi connectivity index (χ2v) is 22.6. The molecule has 0 spiro atoms. The number of ether oxygens (including phenoxy) is 4. The molecule has 0 aliphatic carbocycles. The summed E-state index contributed by atoms with van der Waals surface area (Å²) in [5, 5.41) is 3.23. The van der Waals surface area contributed by atoms with Gasteiger partial charge in [0.25, 0.3) is 0 Å². The maximum Gasteiger partial charge on any atom is 0.168 e. The third-order valence-electron chi connectivity index (χ3n) is 14.1. The Morgan fingerprint density at radius 1 is 0.306 bits per heavy atom. The molecule has 12 nitrogen and oxygen atoms in total. The van der Waals surface area contributed by atoms with Gasteiger partial charge in [0.2, 0.25) is 0 Å².